The number of nitrogens with zero attached hydrogens (tertiary/aromatic N) is 3. The third kappa shape index (κ3) is 1.90. The summed E-state index contributed by atoms with van der Waals surface area (Å²) in [4.78, 5) is 8.90. The van der Waals surface area contributed by atoms with E-state index in [1.54, 1.807) is 0 Å². The first-order valence-corrected chi connectivity index (χ1v) is 5.22. The molecule has 0 aliphatic carbocycles. The SMILES string of the molecule is CN1CCc2nc(N(C)C)cc(N)c2C1. The van der Waals surface area contributed by atoms with Crippen LogP contribution in [-0.4, -0.2) is 37.6 Å². The van der Waals surface area contributed by atoms with Gasteiger partial charge in [0.1, 0.15) is 5.82 Å². The second-order valence-electron chi connectivity index (χ2n) is 4.38. The van der Waals surface area contributed by atoms with Gasteiger partial charge in [-0.25, -0.2) is 4.98 Å². The van der Waals surface area contributed by atoms with E-state index < -0.39 is 0 Å². The molecule has 1 aliphatic heterocycles. The fourth-order valence-corrected chi connectivity index (χ4v) is 1.90. The van der Waals surface area contributed by atoms with Crippen molar-refractivity contribution < 1.29 is 0 Å². The van der Waals surface area contributed by atoms with E-state index in [4.69, 9.17) is 5.73 Å². The summed E-state index contributed by atoms with van der Waals surface area (Å²) in [6.07, 6.45) is 0.998. The van der Waals surface area contributed by atoms with Crippen LogP contribution in [0.1, 0.15) is 11.3 Å². The van der Waals surface area contributed by atoms with E-state index in [1.807, 2.05) is 25.1 Å². The number of rotatable bonds is 1. The normalized spacial score (nSPS) is 16.2. The molecule has 1 aliphatic rings. The Hall–Kier alpha value is -1.29. The summed E-state index contributed by atoms with van der Waals surface area (Å²) in [5.41, 5.74) is 9.29. The minimum atomic E-state index is 0.871. The number of hydrogen-bond acceptors (Lipinski definition) is 4. The second-order valence-corrected chi connectivity index (χ2v) is 4.38. The third-order valence-corrected chi connectivity index (χ3v) is 2.85. The lowest BCUT2D eigenvalue weighted by atomic mass is 10.0. The Morgan fingerprint density at radius 3 is 2.87 bits per heavy atom. The molecule has 1 aromatic rings. The van der Waals surface area contributed by atoms with Crippen LogP contribution in [-0.2, 0) is 13.0 Å². The van der Waals surface area contributed by atoms with Gasteiger partial charge in [0, 0.05) is 50.9 Å². The maximum atomic E-state index is 6.05. The molecule has 0 unspecified atom stereocenters. The topological polar surface area (TPSA) is 45.4 Å². The highest BCUT2D eigenvalue weighted by atomic mass is 15.1. The smallest absolute Gasteiger partial charge is 0.130 e. The lowest BCUT2D eigenvalue weighted by Crippen LogP contribution is -2.28. The Balaban J connectivity index is 2.43. The Morgan fingerprint density at radius 1 is 1.47 bits per heavy atom. The monoisotopic (exact) mass is 206 g/mol. The number of hydrogen-bond donors (Lipinski definition) is 1. The van der Waals surface area contributed by atoms with Crippen molar-refractivity contribution in [1.29, 1.82) is 0 Å². The number of anilines is 2. The zero-order valence-electron chi connectivity index (χ0n) is 9.62. The summed E-state index contributed by atoms with van der Waals surface area (Å²) in [5.74, 6) is 0.954. The van der Waals surface area contributed by atoms with Gasteiger partial charge in [-0.3, -0.25) is 0 Å². The van der Waals surface area contributed by atoms with Crippen LogP contribution >= 0.6 is 0 Å². The summed E-state index contributed by atoms with van der Waals surface area (Å²) < 4.78 is 0. The fraction of sp³-hybridized carbons (Fsp3) is 0.545. The highest BCUT2D eigenvalue weighted by molar-refractivity contribution is 5.58. The second kappa shape index (κ2) is 3.70. The van der Waals surface area contributed by atoms with Crippen molar-refractivity contribution in [2.24, 2.45) is 0 Å². The number of fused-ring (bicyclic) bond motifs is 1. The highest BCUT2D eigenvalue weighted by Gasteiger charge is 2.18. The lowest BCUT2D eigenvalue weighted by Gasteiger charge is -2.26. The van der Waals surface area contributed by atoms with Crippen molar-refractivity contribution >= 4 is 11.5 Å². The molecule has 0 bridgehead atoms. The van der Waals surface area contributed by atoms with Crippen LogP contribution in [0.25, 0.3) is 0 Å². The minimum Gasteiger partial charge on any atom is -0.398 e. The van der Waals surface area contributed by atoms with Gasteiger partial charge in [0.05, 0.1) is 5.69 Å². The predicted octanol–water partition coefficient (Wildman–Crippen LogP) is 0.718. The van der Waals surface area contributed by atoms with Crippen LogP contribution in [0.2, 0.25) is 0 Å². The molecule has 2 N–H and O–H groups in total. The van der Waals surface area contributed by atoms with Crippen LogP contribution in [0.5, 0.6) is 0 Å². The molecule has 82 valence electrons. The minimum absolute atomic E-state index is 0.871. The first-order valence-electron chi connectivity index (χ1n) is 5.22. The van der Waals surface area contributed by atoms with Crippen molar-refractivity contribution in [2.75, 3.05) is 38.3 Å². The molecule has 1 aromatic heterocycles. The van der Waals surface area contributed by atoms with Gasteiger partial charge in [0.25, 0.3) is 0 Å². The van der Waals surface area contributed by atoms with Gasteiger partial charge in [-0.2, -0.15) is 0 Å². The van der Waals surface area contributed by atoms with Gasteiger partial charge < -0.3 is 15.5 Å². The zero-order chi connectivity index (χ0) is 11.0. The van der Waals surface area contributed by atoms with Crippen LogP contribution in [0.15, 0.2) is 6.07 Å². The van der Waals surface area contributed by atoms with Crippen molar-refractivity contribution in [3.05, 3.63) is 17.3 Å². The molecular formula is C11H18N4. The van der Waals surface area contributed by atoms with E-state index in [-0.39, 0.29) is 0 Å². The average Bonchev–Trinajstić information content (AvgIpc) is 2.18. The van der Waals surface area contributed by atoms with Gasteiger partial charge in [-0.05, 0) is 7.05 Å². The molecule has 0 fully saturated rings. The molecule has 0 amide bonds. The summed E-state index contributed by atoms with van der Waals surface area (Å²) in [6.45, 7) is 1.98. The quantitative estimate of drug-likeness (QED) is 0.735. The van der Waals surface area contributed by atoms with Crippen molar-refractivity contribution in [1.82, 2.24) is 9.88 Å². The molecule has 0 atom stereocenters. The molecule has 0 spiro atoms. The molecule has 4 nitrogen and oxygen atoms in total. The highest BCUT2D eigenvalue weighted by Crippen LogP contribution is 2.25. The van der Waals surface area contributed by atoms with E-state index in [0.29, 0.717) is 0 Å². The van der Waals surface area contributed by atoms with Gasteiger partial charge in [0.2, 0.25) is 0 Å². The largest absolute Gasteiger partial charge is 0.398 e. The van der Waals surface area contributed by atoms with Gasteiger partial charge in [-0.1, -0.05) is 0 Å². The average molecular weight is 206 g/mol. The fourth-order valence-electron chi connectivity index (χ4n) is 1.90. The maximum absolute atomic E-state index is 6.05. The summed E-state index contributed by atoms with van der Waals surface area (Å²) in [7, 11) is 6.09. The van der Waals surface area contributed by atoms with E-state index in [1.165, 1.54) is 5.56 Å². The standard InChI is InChI=1S/C11H18N4/c1-14(2)11-6-9(12)8-7-15(3)5-4-10(8)13-11/h6H,4-5,7H2,1-3H3,(H2,12,13). The summed E-state index contributed by atoms with van der Waals surface area (Å²) in [5, 5.41) is 0. The van der Waals surface area contributed by atoms with E-state index >= 15 is 0 Å². The van der Waals surface area contributed by atoms with E-state index in [0.717, 1.165) is 36.7 Å². The lowest BCUT2D eigenvalue weighted by molar-refractivity contribution is 0.311. The predicted molar refractivity (Wildman–Crippen MR) is 63.0 cm³/mol. The third-order valence-electron chi connectivity index (χ3n) is 2.85. The molecule has 0 saturated carbocycles. The first-order chi connectivity index (χ1) is 7.08. The van der Waals surface area contributed by atoms with Gasteiger partial charge >= 0.3 is 0 Å². The van der Waals surface area contributed by atoms with Gasteiger partial charge in [-0.15, -0.1) is 0 Å². The molecular weight excluding hydrogens is 188 g/mol. The number of aromatic nitrogens is 1. The van der Waals surface area contributed by atoms with Crippen LogP contribution in [0.4, 0.5) is 11.5 Å². The van der Waals surface area contributed by atoms with Crippen LogP contribution in [0, 0.1) is 0 Å². The molecule has 0 saturated heterocycles. The Bertz CT molecular complexity index is 373. The molecule has 2 rings (SSSR count). The molecule has 4 heteroatoms. The molecule has 0 aromatic carbocycles. The number of pyridine rings is 1. The van der Waals surface area contributed by atoms with Crippen molar-refractivity contribution in [3.8, 4) is 0 Å². The van der Waals surface area contributed by atoms with E-state index in [2.05, 4.69) is 16.9 Å². The van der Waals surface area contributed by atoms with Gasteiger partial charge in [0.15, 0.2) is 0 Å². The zero-order valence-corrected chi connectivity index (χ0v) is 9.62. The molecule has 0 radical (unpaired) electrons. The Kier molecular flexibility index (Phi) is 2.52. The number of nitrogen functional groups attached to an aromatic ring is 1. The van der Waals surface area contributed by atoms with Crippen LogP contribution < -0.4 is 10.6 Å². The van der Waals surface area contributed by atoms with Crippen molar-refractivity contribution in [2.45, 2.75) is 13.0 Å². The number of likely N-dealkylation sites (N-methyl/N-ethyl adjacent to an activating group) is 1. The number of nitrogens with two attached hydrogens (primary N) is 1. The van der Waals surface area contributed by atoms with Crippen molar-refractivity contribution in [3.63, 3.8) is 0 Å². The summed E-state index contributed by atoms with van der Waals surface area (Å²) in [6, 6.07) is 1.96. The summed E-state index contributed by atoms with van der Waals surface area (Å²) >= 11 is 0. The van der Waals surface area contributed by atoms with Crippen LogP contribution in [0.3, 0.4) is 0 Å². The Labute approximate surface area is 90.7 Å². The molecule has 15 heavy (non-hydrogen) atoms. The molecule has 2 heterocycles. The Morgan fingerprint density at radius 2 is 2.20 bits per heavy atom. The first kappa shape index (κ1) is 10.2. The maximum Gasteiger partial charge on any atom is 0.130 e. The van der Waals surface area contributed by atoms with E-state index in [9.17, 15) is 0 Å².